The van der Waals surface area contributed by atoms with Gasteiger partial charge in [0.2, 0.25) is 0 Å². The maximum atomic E-state index is 5.95. The second kappa shape index (κ2) is 4.33. The SMILES string of the molecule is COCCC(N)c1nnc2cccnn12. The third kappa shape index (κ3) is 1.95. The lowest BCUT2D eigenvalue weighted by atomic mass is 10.2. The highest BCUT2D eigenvalue weighted by atomic mass is 16.5. The van der Waals surface area contributed by atoms with Crippen molar-refractivity contribution >= 4 is 5.65 Å². The van der Waals surface area contributed by atoms with Gasteiger partial charge in [0.05, 0.1) is 6.04 Å². The summed E-state index contributed by atoms with van der Waals surface area (Å²) in [6.07, 6.45) is 2.39. The highest BCUT2D eigenvalue weighted by Crippen LogP contribution is 2.11. The Morgan fingerprint density at radius 1 is 1.53 bits per heavy atom. The van der Waals surface area contributed by atoms with Gasteiger partial charge in [-0.1, -0.05) is 0 Å². The number of ether oxygens (including phenoxy) is 1. The summed E-state index contributed by atoms with van der Waals surface area (Å²) in [5, 5.41) is 12.1. The van der Waals surface area contributed by atoms with Gasteiger partial charge in [0.1, 0.15) is 0 Å². The number of aromatic nitrogens is 4. The van der Waals surface area contributed by atoms with Crippen molar-refractivity contribution in [3.05, 3.63) is 24.2 Å². The minimum atomic E-state index is -0.199. The van der Waals surface area contributed by atoms with Gasteiger partial charge in [0.15, 0.2) is 11.5 Å². The predicted molar refractivity (Wildman–Crippen MR) is 54.2 cm³/mol. The van der Waals surface area contributed by atoms with Crippen LogP contribution in [0.4, 0.5) is 0 Å². The fourth-order valence-corrected chi connectivity index (χ4v) is 1.37. The van der Waals surface area contributed by atoms with E-state index in [1.807, 2.05) is 12.1 Å². The van der Waals surface area contributed by atoms with Crippen LogP contribution < -0.4 is 5.73 Å². The van der Waals surface area contributed by atoms with Crippen molar-refractivity contribution in [1.82, 2.24) is 19.8 Å². The second-order valence-electron chi connectivity index (χ2n) is 3.24. The Kier molecular flexibility index (Phi) is 2.89. The van der Waals surface area contributed by atoms with Crippen molar-refractivity contribution in [2.45, 2.75) is 12.5 Å². The number of methoxy groups -OCH3 is 1. The van der Waals surface area contributed by atoms with E-state index in [-0.39, 0.29) is 6.04 Å². The average molecular weight is 207 g/mol. The van der Waals surface area contributed by atoms with E-state index < -0.39 is 0 Å². The van der Waals surface area contributed by atoms with Crippen LogP contribution in [-0.2, 0) is 4.74 Å². The molecular formula is C9H13N5O. The normalized spacial score (nSPS) is 13.2. The Morgan fingerprint density at radius 3 is 3.20 bits per heavy atom. The molecule has 2 aromatic rings. The molecule has 2 N–H and O–H groups in total. The summed E-state index contributed by atoms with van der Waals surface area (Å²) in [4.78, 5) is 0. The molecule has 0 aliphatic carbocycles. The zero-order valence-corrected chi connectivity index (χ0v) is 8.50. The van der Waals surface area contributed by atoms with Crippen molar-refractivity contribution in [1.29, 1.82) is 0 Å². The van der Waals surface area contributed by atoms with E-state index in [4.69, 9.17) is 10.5 Å². The van der Waals surface area contributed by atoms with Crippen molar-refractivity contribution in [3.63, 3.8) is 0 Å². The van der Waals surface area contributed by atoms with Gasteiger partial charge in [-0.2, -0.15) is 9.61 Å². The molecule has 0 saturated carbocycles. The highest BCUT2D eigenvalue weighted by Gasteiger charge is 2.13. The molecular weight excluding hydrogens is 194 g/mol. The summed E-state index contributed by atoms with van der Waals surface area (Å²) >= 11 is 0. The summed E-state index contributed by atoms with van der Waals surface area (Å²) in [6, 6.07) is 3.45. The number of nitrogens with zero attached hydrogens (tertiary/aromatic N) is 4. The van der Waals surface area contributed by atoms with E-state index in [0.717, 1.165) is 0 Å². The first-order valence-corrected chi connectivity index (χ1v) is 4.74. The largest absolute Gasteiger partial charge is 0.385 e. The number of hydrogen-bond acceptors (Lipinski definition) is 5. The molecule has 80 valence electrons. The molecule has 15 heavy (non-hydrogen) atoms. The fraction of sp³-hybridized carbons (Fsp3) is 0.444. The Balaban J connectivity index is 2.27. The molecule has 2 rings (SSSR count). The number of hydrogen-bond donors (Lipinski definition) is 1. The summed E-state index contributed by atoms with van der Waals surface area (Å²) in [6.45, 7) is 0.600. The van der Waals surface area contributed by atoms with Gasteiger partial charge in [-0.3, -0.25) is 0 Å². The molecule has 0 aliphatic heterocycles. The van der Waals surface area contributed by atoms with Gasteiger partial charge in [-0.05, 0) is 18.6 Å². The maximum absolute atomic E-state index is 5.95. The first-order chi connectivity index (χ1) is 7.33. The van der Waals surface area contributed by atoms with E-state index in [2.05, 4.69) is 15.3 Å². The van der Waals surface area contributed by atoms with Gasteiger partial charge >= 0.3 is 0 Å². The highest BCUT2D eigenvalue weighted by molar-refractivity contribution is 5.35. The quantitative estimate of drug-likeness (QED) is 0.772. The molecule has 6 heteroatoms. The van der Waals surface area contributed by atoms with Crippen LogP contribution in [0.1, 0.15) is 18.3 Å². The monoisotopic (exact) mass is 207 g/mol. The molecule has 2 aromatic heterocycles. The van der Waals surface area contributed by atoms with Crippen molar-refractivity contribution < 1.29 is 4.74 Å². The van der Waals surface area contributed by atoms with E-state index >= 15 is 0 Å². The lowest BCUT2D eigenvalue weighted by Crippen LogP contribution is -2.16. The first kappa shape index (κ1) is 10.0. The van der Waals surface area contributed by atoms with Gasteiger partial charge in [0, 0.05) is 19.9 Å². The topological polar surface area (TPSA) is 78.3 Å². The summed E-state index contributed by atoms with van der Waals surface area (Å²) in [5.41, 5.74) is 6.66. The molecule has 0 aliphatic rings. The van der Waals surface area contributed by atoms with E-state index in [9.17, 15) is 0 Å². The van der Waals surface area contributed by atoms with Gasteiger partial charge in [-0.15, -0.1) is 10.2 Å². The summed E-state index contributed by atoms with van der Waals surface area (Å²) in [7, 11) is 1.65. The van der Waals surface area contributed by atoms with Crippen LogP contribution in [0.25, 0.3) is 5.65 Å². The Hall–Kier alpha value is -1.53. The predicted octanol–water partition coefficient (Wildman–Crippen LogP) is 0.161. The minimum Gasteiger partial charge on any atom is -0.385 e. The van der Waals surface area contributed by atoms with E-state index in [1.165, 1.54) is 0 Å². The fourth-order valence-electron chi connectivity index (χ4n) is 1.37. The third-order valence-corrected chi connectivity index (χ3v) is 2.17. The molecule has 0 aromatic carbocycles. The molecule has 2 heterocycles. The zero-order valence-electron chi connectivity index (χ0n) is 8.50. The molecule has 1 atom stereocenters. The smallest absolute Gasteiger partial charge is 0.177 e. The molecule has 0 fully saturated rings. The van der Waals surface area contributed by atoms with Crippen molar-refractivity contribution in [2.75, 3.05) is 13.7 Å². The molecule has 0 radical (unpaired) electrons. The van der Waals surface area contributed by atoms with Gasteiger partial charge < -0.3 is 10.5 Å². The number of nitrogens with two attached hydrogens (primary N) is 1. The van der Waals surface area contributed by atoms with Crippen LogP contribution in [0.2, 0.25) is 0 Å². The average Bonchev–Trinajstić information content (AvgIpc) is 2.69. The summed E-state index contributed by atoms with van der Waals surface area (Å²) in [5.74, 6) is 0.669. The third-order valence-electron chi connectivity index (χ3n) is 2.17. The van der Waals surface area contributed by atoms with Crippen LogP contribution in [0.15, 0.2) is 18.3 Å². The molecule has 0 bridgehead atoms. The molecule has 6 nitrogen and oxygen atoms in total. The zero-order chi connectivity index (χ0) is 10.7. The molecule has 0 saturated heterocycles. The van der Waals surface area contributed by atoms with Crippen LogP contribution in [0.5, 0.6) is 0 Å². The van der Waals surface area contributed by atoms with Crippen LogP contribution >= 0.6 is 0 Å². The van der Waals surface area contributed by atoms with Crippen LogP contribution in [0.3, 0.4) is 0 Å². The van der Waals surface area contributed by atoms with Crippen molar-refractivity contribution in [2.24, 2.45) is 5.73 Å². The number of rotatable bonds is 4. The van der Waals surface area contributed by atoms with Crippen LogP contribution in [-0.4, -0.2) is 33.5 Å². The molecule has 1 unspecified atom stereocenters. The lowest BCUT2D eigenvalue weighted by Gasteiger charge is -2.07. The van der Waals surface area contributed by atoms with E-state index in [1.54, 1.807) is 17.8 Å². The molecule has 0 amide bonds. The van der Waals surface area contributed by atoms with Crippen LogP contribution in [0, 0.1) is 0 Å². The Bertz CT molecular complexity index is 441. The lowest BCUT2D eigenvalue weighted by molar-refractivity contribution is 0.187. The van der Waals surface area contributed by atoms with Gasteiger partial charge in [0.25, 0.3) is 0 Å². The first-order valence-electron chi connectivity index (χ1n) is 4.74. The minimum absolute atomic E-state index is 0.199. The number of fused-ring (bicyclic) bond motifs is 1. The second-order valence-corrected chi connectivity index (χ2v) is 3.24. The summed E-state index contributed by atoms with van der Waals surface area (Å²) < 4.78 is 6.62. The maximum Gasteiger partial charge on any atom is 0.177 e. The Morgan fingerprint density at radius 2 is 2.40 bits per heavy atom. The molecule has 0 spiro atoms. The van der Waals surface area contributed by atoms with Gasteiger partial charge in [-0.25, -0.2) is 0 Å². The Labute approximate surface area is 87.1 Å². The van der Waals surface area contributed by atoms with E-state index in [0.29, 0.717) is 24.5 Å². The van der Waals surface area contributed by atoms with Crippen molar-refractivity contribution in [3.8, 4) is 0 Å². The standard InChI is InChI=1S/C9H13N5O/c1-15-6-4-7(10)9-13-12-8-3-2-5-11-14(8)9/h2-3,5,7H,4,6,10H2,1H3.